The first kappa shape index (κ1) is 10.5. The van der Waals surface area contributed by atoms with Crippen LogP contribution in [0.15, 0.2) is 24.3 Å². The van der Waals surface area contributed by atoms with E-state index in [0.717, 1.165) is 24.2 Å². The van der Waals surface area contributed by atoms with Crippen LogP contribution in [0.5, 0.6) is 0 Å². The normalized spacial score (nSPS) is 23.1. The summed E-state index contributed by atoms with van der Waals surface area (Å²) in [5, 5.41) is 18.8. The highest BCUT2D eigenvalue weighted by Crippen LogP contribution is 2.22. The maximum Gasteiger partial charge on any atom is 0.0761 e. The molecule has 0 amide bonds. The summed E-state index contributed by atoms with van der Waals surface area (Å²) in [7, 11) is 0. The van der Waals surface area contributed by atoms with Gasteiger partial charge < -0.3 is 15.1 Å². The van der Waals surface area contributed by atoms with Gasteiger partial charge in [0.1, 0.15) is 0 Å². The van der Waals surface area contributed by atoms with Gasteiger partial charge in [0.25, 0.3) is 0 Å². The van der Waals surface area contributed by atoms with Crippen molar-refractivity contribution in [1.82, 2.24) is 0 Å². The number of aliphatic hydroxyl groups excluding tert-OH is 2. The molecule has 3 heteroatoms. The number of hydrogen-bond donors (Lipinski definition) is 2. The fourth-order valence-electron chi connectivity index (χ4n) is 1.94. The molecule has 1 heterocycles. The van der Waals surface area contributed by atoms with Crippen molar-refractivity contribution < 1.29 is 10.2 Å². The van der Waals surface area contributed by atoms with E-state index in [1.807, 2.05) is 24.3 Å². The van der Waals surface area contributed by atoms with E-state index in [-0.39, 0.29) is 6.10 Å². The van der Waals surface area contributed by atoms with Gasteiger partial charge in [-0.3, -0.25) is 0 Å². The predicted octanol–water partition coefficient (Wildman–Crippen LogP) is 1.31. The van der Waals surface area contributed by atoms with Gasteiger partial charge in [0.15, 0.2) is 0 Å². The van der Waals surface area contributed by atoms with Crippen LogP contribution in [0.4, 0.5) is 5.69 Å². The standard InChI is InChI=1S/C12H17NO2/c1-9(14)10-2-4-11(5-3-10)13-7-6-12(15)8-13/h2-5,9,12,14-15H,6-8H2,1H3/t9-,12?/m0/s1. The smallest absolute Gasteiger partial charge is 0.0761 e. The van der Waals surface area contributed by atoms with Crippen LogP contribution < -0.4 is 4.90 Å². The van der Waals surface area contributed by atoms with E-state index in [1.165, 1.54) is 0 Å². The summed E-state index contributed by atoms with van der Waals surface area (Å²) < 4.78 is 0. The number of benzene rings is 1. The second-order valence-corrected chi connectivity index (χ2v) is 4.16. The molecule has 0 radical (unpaired) electrons. The molecule has 15 heavy (non-hydrogen) atoms. The Labute approximate surface area is 90.0 Å². The van der Waals surface area contributed by atoms with E-state index in [9.17, 15) is 10.2 Å². The molecule has 0 bridgehead atoms. The Kier molecular flexibility index (Phi) is 2.93. The van der Waals surface area contributed by atoms with Crippen molar-refractivity contribution in [2.24, 2.45) is 0 Å². The van der Waals surface area contributed by atoms with Crippen molar-refractivity contribution in [3.63, 3.8) is 0 Å². The molecule has 1 aliphatic heterocycles. The van der Waals surface area contributed by atoms with Gasteiger partial charge in [0, 0.05) is 18.8 Å². The van der Waals surface area contributed by atoms with Crippen molar-refractivity contribution in [3.8, 4) is 0 Å². The van der Waals surface area contributed by atoms with Gasteiger partial charge in [0.05, 0.1) is 12.2 Å². The molecule has 0 spiro atoms. The van der Waals surface area contributed by atoms with Crippen molar-refractivity contribution in [3.05, 3.63) is 29.8 Å². The first-order chi connectivity index (χ1) is 7.16. The molecule has 1 aromatic rings. The minimum atomic E-state index is -0.414. The first-order valence-electron chi connectivity index (χ1n) is 5.38. The molecule has 1 saturated heterocycles. The summed E-state index contributed by atoms with van der Waals surface area (Å²) in [6, 6.07) is 7.87. The number of anilines is 1. The molecule has 82 valence electrons. The summed E-state index contributed by atoms with van der Waals surface area (Å²) in [5.74, 6) is 0. The minimum Gasteiger partial charge on any atom is -0.391 e. The van der Waals surface area contributed by atoms with Gasteiger partial charge in [0.2, 0.25) is 0 Å². The van der Waals surface area contributed by atoms with Gasteiger partial charge in [-0.25, -0.2) is 0 Å². The zero-order valence-corrected chi connectivity index (χ0v) is 8.93. The SMILES string of the molecule is C[C@H](O)c1ccc(N2CCC(O)C2)cc1. The fraction of sp³-hybridized carbons (Fsp3) is 0.500. The molecule has 0 saturated carbocycles. The lowest BCUT2D eigenvalue weighted by molar-refractivity contribution is 0.198. The summed E-state index contributed by atoms with van der Waals surface area (Å²) in [6.07, 6.45) is 0.239. The lowest BCUT2D eigenvalue weighted by Crippen LogP contribution is -2.20. The van der Waals surface area contributed by atoms with E-state index in [4.69, 9.17) is 0 Å². The molecule has 0 aliphatic carbocycles. The minimum absolute atomic E-state index is 0.193. The van der Waals surface area contributed by atoms with Crippen LogP contribution in [-0.2, 0) is 0 Å². The zero-order chi connectivity index (χ0) is 10.8. The molecule has 0 aromatic heterocycles. The lowest BCUT2D eigenvalue weighted by Gasteiger charge is -2.18. The maximum atomic E-state index is 9.42. The molecule has 1 aliphatic rings. The van der Waals surface area contributed by atoms with Gasteiger partial charge in [-0.2, -0.15) is 0 Å². The molecule has 3 nitrogen and oxygen atoms in total. The second kappa shape index (κ2) is 4.21. The van der Waals surface area contributed by atoms with Crippen LogP contribution in [0.25, 0.3) is 0 Å². The fourth-order valence-corrected chi connectivity index (χ4v) is 1.94. The maximum absolute atomic E-state index is 9.42. The van der Waals surface area contributed by atoms with Crippen LogP contribution in [0, 0.1) is 0 Å². The lowest BCUT2D eigenvalue weighted by atomic mass is 10.1. The van der Waals surface area contributed by atoms with Gasteiger partial charge >= 0.3 is 0 Å². The Balaban J connectivity index is 2.10. The third kappa shape index (κ3) is 2.30. The molecule has 1 aromatic carbocycles. The molecular weight excluding hydrogens is 190 g/mol. The highest BCUT2D eigenvalue weighted by molar-refractivity contribution is 5.48. The Hall–Kier alpha value is -1.06. The van der Waals surface area contributed by atoms with Gasteiger partial charge in [-0.05, 0) is 31.0 Å². The van der Waals surface area contributed by atoms with Crippen molar-refractivity contribution in [2.75, 3.05) is 18.0 Å². The first-order valence-corrected chi connectivity index (χ1v) is 5.38. The number of aliphatic hydroxyl groups is 2. The second-order valence-electron chi connectivity index (χ2n) is 4.16. The molecular formula is C12H17NO2. The summed E-state index contributed by atoms with van der Waals surface area (Å²) in [4.78, 5) is 2.16. The van der Waals surface area contributed by atoms with E-state index in [1.54, 1.807) is 6.92 Å². The quantitative estimate of drug-likeness (QED) is 0.768. The van der Waals surface area contributed by atoms with Crippen molar-refractivity contribution in [2.45, 2.75) is 25.6 Å². The molecule has 1 unspecified atom stereocenters. The number of rotatable bonds is 2. The van der Waals surface area contributed by atoms with Crippen LogP contribution in [0.2, 0.25) is 0 Å². The van der Waals surface area contributed by atoms with Crippen molar-refractivity contribution in [1.29, 1.82) is 0 Å². The highest BCUT2D eigenvalue weighted by atomic mass is 16.3. The largest absolute Gasteiger partial charge is 0.391 e. The third-order valence-corrected chi connectivity index (χ3v) is 2.90. The third-order valence-electron chi connectivity index (χ3n) is 2.90. The monoisotopic (exact) mass is 207 g/mol. The van der Waals surface area contributed by atoms with Crippen molar-refractivity contribution >= 4 is 5.69 Å². The van der Waals surface area contributed by atoms with E-state index < -0.39 is 6.10 Å². The number of β-amino-alcohol motifs (C(OH)–C–C–N with tert-alkyl or cyclic N) is 1. The average Bonchev–Trinajstić information content (AvgIpc) is 2.65. The molecule has 1 fully saturated rings. The van der Waals surface area contributed by atoms with Gasteiger partial charge in [-0.15, -0.1) is 0 Å². The Morgan fingerprint density at radius 2 is 2.00 bits per heavy atom. The Bertz CT molecular complexity index is 321. The number of nitrogens with zero attached hydrogens (tertiary/aromatic N) is 1. The topological polar surface area (TPSA) is 43.7 Å². The predicted molar refractivity (Wildman–Crippen MR) is 59.9 cm³/mol. The summed E-state index contributed by atoms with van der Waals surface area (Å²) in [5.41, 5.74) is 2.05. The average molecular weight is 207 g/mol. The zero-order valence-electron chi connectivity index (χ0n) is 8.93. The highest BCUT2D eigenvalue weighted by Gasteiger charge is 2.20. The van der Waals surface area contributed by atoms with Crippen LogP contribution >= 0.6 is 0 Å². The molecule has 2 atom stereocenters. The Morgan fingerprint density at radius 1 is 1.33 bits per heavy atom. The molecule has 2 rings (SSSR count). The van der Waals surface area contributed by atoms with E-state index in [0.29, 0.717) is 6.54 Å². The summed E-state index contributed by atoms with van der Waals surface area (Å²) in [6.45, 7) is 3.39. The summed E-state index contributed by atoms with van der Waals surface area (Å²) >= 11 is 0. The van der Waals surface area contributed by atoms with Gasteiger partial charge in [-0.1, -0.05) is 12.1 Å². The van der Waals surface area contributed by atoms with E-state index in [2.05, 4.69) is 4.90 Å². The van der Waals surface area contributed by atoms with Crippen LogP contribution in [0.3, 0.4) is 0 Å². The van der Waals surface area contributed by atoms with Crippen LogP contribution in [0.1, 0.15) is 25.0 Å². The van der Waals surface area contributed by atoms with Crippen LogP contribution in [-0.4, -0.2) is 29.4 Å². The Morgan fingerprint density at radius 3 is 2.47 bits per heavy atom. The van der Waals surface area contributed by atoms with E-state index >= 15 is 0 Å². The molecule has 2 N–H and O–H groups in total. The number of hydrogen-bond acceptors (Lipinski definition) is 3.